The van der Waals surface area contributed by atoms with Crippen LogP contribution in [0.4, 0.5) is 0 Å². The third kappa shape index (κ3) is 2.35. The number of nitrogens with zero attached hydrogens (tertiary/aromatic N) is 3. The number of aromatic nitrogens is 2. The Labute approximate surface area is 101 Å². The molecule has 1 aliphatic heterocycles. The van der Waals surface area contributed by atoms with Crippen LogP contribution in [0.25, 0.3) is 0 Å². The highest BCUT2D eigenvalue weighted by atomic mass is 16.5. The molecule has 3 rings (SSSR count). The summed E-state index contributed by atoms with van der Waals surface area (Å²) in [5.41, 5.74) is 0. The summed E-state index contributed by atoms with van der Waals surface area (Å²) in [5.74, 6) is 2.21. The zero-order chi connectivity index (χ0) is 11.8. The van der Waals surface area contributed by atoms with E-state index in [4.69, 9.17) is 9.26 Å². The van der Waals surface area contributed by atoms with Crippen molar-refractivity contribution in [3.05, 3.63) is 11.7 Å². The highest BCUT2D eigenvalue weighted by Gasteiger charge is 2.31. The van der Waals surface area contributed by atoms with Gasteiger partial charge in [-0.1, -0.05) is 5.16 Å². The van der Waals surface area contributed by atoms with Crippen LogP contribution in [0.2, 0.25) is 0 Å². The van der Waals surface area contributed by atoms with Crippen molar-refractivity contribution in [3.8, 4) is 0 Å². The average molecular weight is 237 g/mol. The molecule has 1 aromatic heterocycles. The average Bonchev–Trinajstić information content (AvgIpc) is 3.07. The molecule has 1 aromatic rings. The second kappa shape index (κ2) is 4.38. The van der Waals surface area contributed by atoms with Crippen molar-refractivity contribution < 1.29 is 9.26 Å². The monoisotopic (exact) mass is 237 g/mol. The number of ether oxygens (including phenoxy) is 1. The molecule has 0 N–H and O–H groups in total. The highest BCUT2D eigenvalue weighted by Crippen LogP contribution is 2.38. The van der Waals surface area contributed by atoms with Gasteiger partial charge in [0.15, 0.2) is 5.82 Å². The summed E-state index contributed by atoms with van der Waals surface area (Å²) in [7, 11) is 0. The smallest absolute Gasteiger partial charge is 0.243 e. The van der Waals surface area contributed by atoms with Crippen LogP contribution in [-0.2, 0) is 4.74 Å². The van der Waals surface area contributed by atoms with Crippen LogP contribution in [-0.4, -0.2) is 40.8 Å². The SMILES string of the molecule is C[C@@H]1CN([C@H](C)c2nc(C3CC3)no2)CCO1. The zero-order valence-electron chi connectivity index (χ0n) is 10.4. The molecule has 2 fully saturated rings. The number of hydrogen-bond acceptors (Lipinski definition) is 5. The van der Waals surface area contributed by atoms with E-state index in [2.05, 4.69) is 28.9 Å². The predicted octanol–water partition coefficient (Wildman–Crippen LogP) is 1.73. The maximum Gasteiger partial charge on any atom is 0.243 e. The van der Waals surface area contributed by atoms with E-state index in [0.717, 1.165) is 31.4 Å². The molecular formula is C12H19N3O2. The van der Waals surface area contributed by atoms with Crippen molar-refractivity contribution >= 4 is 0 Å². The lowest BCUT2D eigenvalue weighted by atomic mass is 10.2. The van der Waals surface area contributed by atoms with Gasteiger partial charge in [0.2, 0.25) is 5.89 Å². The first kappa shape index (κ1) is 11.2. The summed E-state index contributed by atoms with van der Waals surface area (Å²) in [5, 5.41) is 4.07. The Morgan fingerprint density at radius 1 is 1.41 bits per heavy atom. The quantitative estimate of drug-likeness (QED) is 0.801. The van der Waals surface area contributed by atoms with E-state index in [-0.39, 0.29) is 12.1 Å². The topological polar surface area (TPSA) is 51.4 Å². The first-order valence-electron chi connectivity index (χ1n) is 6.43. The largest absolute Gasteiger partial charge is 0.376 e. The van der Waals surface area contributed by atoms with Crippen LogP contribution < -0.4 is 0 Å². The van der Waals surface area contributed by atoms with Gasteiger partial charge in [0.05, 0.1) is 18.8 Å². The fourth-order valence-corrected chi connectivity index (χ4v) is 2.28. The van der Waals surface area contributed by atoms with Crippen LogP contribution >= 0.6 is 0 Å². The Kier molecular flexibility index (Phi) is 2.88. The lowest BCUT2D eigenvalue weighted by Gasteiger charge is -2.33. The summed E-state index contributed by atoms with van der Waals surface area (Å²) in [6.07, 6.45) is 2.71. The van der Waals surface area contributed by atoms with Crippen molar-refractivity contribution in [1.29, 1.82) is 0 Å². The maximum absolute atomic E-state index is 5.54. The standard InChI is InChI=1S/C12H19N3O2/c1-8-7-15(5-6-16-8)9(2)12-13-11(14-17-12)10-3-4-10/h8-10H,3-7H2,1-2H3/t8-,9-/m1/s1. The first-order valence-corrected chi connectivity index (χ1v) is 6.43. The lowest BCUT2D eigenvalue weighted by molar-refractivity contribution is -0.0361. The third-order valence-corrected chi connectivity index (χ3v) is 3.58. The van der Waals surface area contributed by atoms with Crippen molar-refractivity contribution in [1.82, 2.24) is 15.0 Å². The molecule has 0 amide bonds. The zero-order valence-corrected chi connectivity index (χ0v) is 10.4. The van der Waals surface area contributed by atoms with E-state index in [9.17, 15) is 0 Å². The maximum atomic E-state index is 5.54. The molecular weight excluding hydrogens is 218 g/mol. The van der Waals surface area contributed by atoms with Gasteiger partial charge in [0.1, 0.15) is 0 Å². The van der Waals surface area contributed by atoms with E-state index >= 15 is 0 Å². The van der Waals surface area contributed by atoms with Gasteiger partial charge < -0.3 is 9.26 Å². The minimum atomic E-state index is 0.196. The Bertz CT molecular complexity index is 389. The summed E-state index contributed by atoms with van der Waals surface area (Å²) >= 11 is 0. The van der Waals surface area contributed by atoms with Gasteiger partial charge in [-0.2, -0.15) is 4.98 Å². The van der Waals surface area contributed by atoms with Crippen molar-refractivity contribution in [2.75, 3.05) is 19.7 Å². The predicted molar refractivity (Wildman–Crippen MR) is 61.7 cm³/mol. The van der Waals surface area contributed by atoms with Crippen LogP contribution in [0.15, 0.2) is 4.52 Å². The molecule has 0 bridgehead atoms. The van der Waals surface area contributed by atoms with Crippen molar-refractivity contribution in [2.24, 2.45) is 0 Å². The van der Waals surface area contributed by atoms with Crippen LogP contribution in [0.5, 0.6) is 0 Å². The van der Waals surface area contributed by atoms with Gasteiger partial charge in [-0.3, -0.25) is 4.90 Å². The fraction of sp³-hybridized carbons (Fsp3) is 0.833. The fourth-order valence-electron chi connectivity index (χ4n) is 2.28. The van der Waals surface area contributed by atoms with Gasteiger partial charge in [-0.25, -0.2) is 0 Å². The molecule has 1 aliphatic carbocycles. The molecule has 2 heterocycles. The molecule has 2 atom stereocenters. The summed E-state index contributed by atoms with van der Waals surface area (Å²) in [6, 6.07) is 0.196. The van der Waals surface area contributed by atoms with Gasteiger partial charge in [0, 0.05) is 19.0 Å². The second-order valence-corrected chi connectivity index (χ2v) is 5.12. The number of morpholine rings is 1. The van der Waals surface area contributed by atoms with E-state index in [1.807, 2.05) is 0 Å². The lowest BCUT2D eigenvalue weighted by Crippen LogP contribution is -2.42. The Morgan fingerprint density at radius 2 is 2.24 bits per heavy atom. The Hall–Kier alpha value is -0.940. The third-order valence-electron chi connectivity index (χ3n) is 3.58. The van der Waals surface area contributed by atoms with Crippen LogP contribution in [0, 0.1) is 0 Å². The minimum Gasteiger partial charge on any atom is -0.376 e. The van der Waals surface area contributed by atoms with E-state index in [1.165, 1.54) is 12.8 Å². The number of hydrogen-bond donors (Lipinski definition) is 0. The molecule has 1 saturated carbocycles. The summed E-state index contributed by atoms with van der Waals surface area (Å²) < 4.78 is 10.9. The normalized spacial score (nSPS) is 28.2. The molecule has 0 radical (unpaired) electrons. The minimum absolute atomic E-state index is 0.196. The Morgan fingerprint density at radius 3 is 2.94 bits per heavy atom. The molecule has 0 aromatic carbocycles. The molecule has 5 heteroatoms. The van der Waals surface area contributed by atoms with Crippen LogP contribution in [0.3, 0.4) is 0 Å². The molecule has 0 spiro atoms. The molecule has 2 aliphatic rings. The van der Waals surface area contributed by atoms with Crippen molar-refractivity contribution in [2.45, 2.75) is 44.8 Å². The molecule has 1 saturated heterocycles. The van der Waals surface area contributed by atoms with Gasteiger partial charge >= 0.3 is 0 Å². The first-order chi connectivity index (χ1) is 8.24. The van der Waals surface area contributed by atoms with Gasteiger partial charge in [-0.15, -0.1) is 0 Å². The highest BCUT2D eigenvalue weighted by molar-refractivity contribution is 5.04. The van der Waals surface area contributed by atoms with E-state index in [0.29, 0.717) is 5.92 Å². The number of rotatable bonds is 3. The molecule has 94 valence electrons. The van der Waals surface area contributed by atoms with Gasteiger partial charge in [0.25, 0.3) is 0 Å². The summed E-state index contributed by atoms with van der Waals surface area (Å²) in [4.78, 5) is 6.86. The van der Waals surface area contributed by atoms with Crippen LogP contribution in [0.1, 0.15) is 50.4 Å². The van der Waals surface area contributed by atoms with E-state index in [1.54, 1.807) is 0 Å². The van der Waals surface area contributed by atoms with Gasteiger partial charge in [-0.05, 0) is 26.7 Å². The Balaban J connectivity index is 1.68. The molecule has 17 heavy (non-hydrogen) atoms. The molecule has 5 nitrogen and oxygen atoms in total. The van der Waals surface area contributed by atoms with Crippen molar-refractivity contribution in [3.63, 3.8) is 0 Å². The van der Waals surface area contributed by atoms with E-state index < -0.39 is 0 Å². The summed E-state index contributed by atoms with van der Waals surface area (Å²) in [6.45, 7) is 6.88. The molecule has 0 unspecified atom stereocenters. The second-order valence-electron chi connectivity index (χ2n) is 5.12.